The normalized spacial score (nSPS) is 13.9. The van der Waals surface area contributed by atoms with Crippen molar-refractivity contribution < 1.29 is 49.2 Å². The van der Waals surface area contributed by atoms with E-state index in [0.717, 1.165) is 0 Å². The van der Waals surface area contributed by atoms with Crippen LogP contribution in [0.5, 0.6) is 5.75 Å². The van der Waals surface area contributed by atoms with Gasteiger partial charge in [0.15, 0.2) is 0 Å². The first-order chi connectivity index (χ1) is 16.8. The van der Waals surface area contributed by atoms with E-state index in [1.54, 1.807) is 0 Å². The van der Waals surface area contributed by atoms with Gasteiger partial charge in [0.05, 0.1) is 19.1 Å². The molecule has 198 valence electrons. The first-order valence-corrected chi connectivity index (χ1v) is 10.6. The van der Waals surface area contributed by atoms with Gasteiger partial charge in [-0.1, -0.05) is 12.1 Å². The van der Waals surface area contributed by atoms with Gasteiger partial charge in [-0.25, -0.2) is 4.79 Å². The predicted octanol–water partition coefficient (Wildman–Crippen LogP) is -3.47. The van der Waals surface area contributed by atoms with Crippen LogP contribution in [0.15, 0.2) is 24.3 Å². The molecule has 0 aliphatic carbocycles. The van der Waals surface area contributed by atoms with Crippen molar-refractivity contribution in [2.45, 2.75) is 49.9 Å². The Kier molecular flexibility index (Phi) is 11.8. The number of hydrogen-bond donors (Lipinski definition) is 9. The van der Waals surface area contributed by atoms with Gasteiger partial charge in [0, 0.05) is 6.42 Å². The minimum Gasteiger partial charge on any atom is -0.508 e. The fourth-order valence-corrected chi connectivity index (χ4v) is 2.93. The molecule has 4 amide bonds. The number of carbonyl (C=O) groups is 6. The molecule has 4 unspecified atom stereocenters. The molecule has 1 aromatic rings. The molecule has 0 saturated heterocycles. The molecule has 1 aromatic carbocycles. The molecular formula is C21H29N5O10. The Morgan fingerprint density at radius 1 is 0.833 bits per heavy atom. The van der Waals surface area contributed by atoms with E-state index in [-0.39, 0.29) is 25.0 Å². The number of nitrogens with two attached hydrogens (primary N) is 2. The Morgan fingerprint density at radius 2 is 1.36 bits per heavy atom. The molecule has 11 N–H and O–H groups in total. The summed E-state index contributed by atoms with van der Waals surface area (Å²) in [7, 11) is 0. The van der Waals surface area contributed by atoms with Crippen molar-refractivity contribution in [3.05, 3.63) is 29.8 Å². The van der Waals surface area contributed by atoms with Gasteiger partial charge in [-0.2, -0.15) is 0 Å². The molecule has 4 atom stereocenters. The number of aliphatic hydroxyl groups excluding tert-OH is 1. The van der Waals surface area contributed by atoms with Crippen molar-refractivity contribution in [3.63, 3.8) is 0 Å². The van der Waals surface area contributed by atoms with E-state index in [4.69, 9.17) is 26.8 Å². The fourth-order valence-electron chi connectivity index (χ4n) is 2.93. The maximum atomic E-state index is 12.8. The molecule has 0 bridgehead atoms. The van der Waals surface area contributed by atoms with Crippen molar-refractivity contribution in [2.24, 2.45) is 11.5 Å². The number of rotatable bonds is 15. The van der Waals surface area contributed by atoms with Crippen molar-refractivity contribution in [2.75, 3.05) is 6.61 Å². The lowest BCUT2D eigenvalue weighted by molar-refractivity contribution is -0.144. The summed E-state index contributed by atoms with van der Waals surface area (Å²) < 4.78 is 0. The topological polar surface area (TPSA) is 271 Å². The minimum atomic E-state index is -1.78. The zero-order valence-electron chi connectivity index (χ0n) is 19.0. The van der Waals surface area contributed by atoms with Crippen molar-refractivity contribution in [1.82, 2.24) is 16.0 Å². The number of aliphatic carboxylic acids is 2. The Morgan fingerprint density at radius 3 is 1.86 bits per heavy atom. The second-order valence-electron chi connectivity index (χ2n) is 7.78. The van der Waals surface area contributed by atoms with Crippen LogP contribution in [0, 0.1) is 0 Å². The quantitative estimate of drug-likeness (QED) is 0.112. The van der Waals surface area contributed by atoms with Crippen molar-refractivity contribution in [1.29, 1.82) is 0 Å². The summed E-state index contributed by atoms with van der Waals surface area (Å²) in [6, 6.07) is -0.288. The number of hydrogen-bond acceptors (Lipinski definition) is 9. The predicted molar refractivity (Wildman–Crippen MR) is 121 cm³/mol. The van der Waals surface area contributed by atoms with Crippen molar-refractivity contribution >= 4 is 35.6 Å². The third-order valence-corrected chi connectivity index (χ3v) is 4.85. The van der Waals surface area contributed by atoms with Crippen LogP contribution in [0.3, 0.4) is 0 Å². The largest absolute Gasteiger partial charge is 0.508 e. The number of phenolic OH excluding ortho intramolecular Hbond substituents is 1. The molecule has 0 aliphatic heterocycles. The molecule has 0 saturated carbocycles. The second kappa shape index (κ2) is 14.2. The van der Waals surface area contributed by atoms with Gasteiger partial charge < -0.3 is 47.8 Å². The lowest BCUT2D eigenvalue weighted by atomic mass is 10.0. The van der Waals surface area contributed by atoms with E-state index >= 15 is 0 Å². The van der Waals surface area contributed by atoms with Crippen LogP contribution in [0.25, 0.3) is 0 Å². The summed E-state index contributed by atoms with van der Waals surface area (Å²) in [5, 5.41) is 42.7. The highest BCUT2D eigenvalue weighted by Crippen LogP contribution is 2.11. The second-order valence-corrected chi connectivity index (χ2v) is 7.78. The van der Waals surface area contributed by atoms with Crippen LogP contribution in [-0.2, 0) is 35.2 Å². The average molecular weight is 511 g/mol. The highest BCUT2D eigenvalue weighted by atomic mass is 16.4. The maximum absolute atomic E-state index is 12.8. The van der Waals surface area contributed by atoms with E-state index in [1.165, 1.54) is 24.3 Å². The SMILES string of the molecule is NC(=O)CCC(NC(=O)C(N)Cc1ccc(O)cc1)C(=O)NC(CC(=O)O)C(=O)NC(CO)C(=O)O. The third kappa shape index (κ3) is 10.4. The van der Waals surface area contributed by atoms with Gasteiger partial charge in [-0.15, -0.1) is 0 Å². The van der Waals surface area contributed by atoms with Crippen molar-refractivity contribution in [3.8, 4) is 5.75 Å². The van der Waals surface area contributed by atoms with E-state index in [1.807, 2.05) is 5.32 Å². The van der Waals surface area contributed by atoms with E-state index in [9.17, 15) is 33.9 Å². The number of carboxylic acid groups (broad SMARTS) is 2. The van der Waals surface area contributed by atoms with E-state index < -0.39 is 72.8 Å². The molecular weight excluding hydrogens is 482 g/mol. The summed E-state index contributed by atoms with van der Waals surface area (Å²) in [4.78, 5) is 71.2. The van der Waals surface area contributed by atoms with Crippen LogP contribution >= 0.6 is 0 Å². The monoisotopic (exact) mass is 511 g/mol. The average Bonchev–Trinajstić information content (AvgIpc) is 2.79. The fraction of sp³-hybridized carbons (Fsp3) is 0.429. The number of nitrogens with one attached hydrogen (secondary N) is 3. The highest BCUT2D eigenvalue weighted by Gasteiger charge is 2.31. The van der Waals surface area contributed by atoms with Gasteiger partial charge in [-0.05, 0) is 30.5 Å². The van der Waals surface area contributed by atoms with E-state index in [2.05, 4.69) is 10.6 Å². The molecule has 15 nitrogen and oxygen atoms in total. The number of aliphatic hydroxyl groups is 1. The summed E-state index contributed by atoms with van der Waals surface area (Å²) in [5.74, 6) is -6.98. The molecule has 0 spiro atoms. The smallest absolute Gasteiger partial charge is 0.328 e. The number of benzene rings is 1. The summed E-state index contributed by atoms with van der Waals surface area (Å²) >= 11 is 0. The summed E-state index contributed by atoms with van der Waals surface area (Å²) in [6.45, 7) is -0.995. The zero-order chi connectivity index (χ0) is 27.4. The van der Waals surface area contributed by atoms with Crippen LogP contribution in [-0.4, -0.2) is 86.8 Å². The van der Waals surface area contributed by atoms with Crippen LogP contribution < -0.4 is 27.4 Å². The molecule has 0 radical (unpaired) electrons. The summed E-state index contributed by atoms with van der Waals surface area (Å²) in [5.41, 5.74) is 11.6. The Hall–Kier alpha value is -4.24. The Bertz CT molecular complexity index is 968. The van der Waals surface area contributed by atoms with Gasteiger partial charge in [-0.3, -0.25) is 24.0 Å². The number of carbonyl (C=O) groups excluding carboxylic acids is 4. The van der Waals surface area contributed by atoms with Gasteiger partial charge >= 0.3 is 11.9 Å². The Balaban J connectivity index is 2.98. The molecule has 0 aliphatic rings. The number of aromatic hydroxyl groups is 1. The lowest BCUT2D eigenvalue weighted by Crippen LogP contribution is -2.58. The number of carboxylic acids is 2. The molecule has 0 fully saturated rings. The Labute approximate surface area is 204 Å². The molecule has 36 heavy (non-hydrogen) atoms. The zero-order valence-corrected chi connectivity index (χ0v) is 19.0. The molecule has 0 heterocycles. The minimum absolute atomic E-state index is 0.00794. The third-order valence-electron chi connectivity index (χ3n) is 4.85. The molecule has 15 heteroatoms. The highest BCUT2D eigenvalue weighted by molar-refractivity contribution is 5.95. The van der Waals surface area contributed by atoms with Gasteiger partial charge in [0.25, 0.3) is 0 Å². The molecule has 0 aromatic heterocycles. The standard InChI is InChI=1S/C21H29N5O10/c22-12(7-10-1-3-11(28)4-2-10)18(32)24-13(5-6-16(23)29)19(33)25-14(8-17(30)31)20(34)26-15(9-27)21(35)36/h1-4,12-15,27-28H,5-9,22H2,(H2,23,29)(H,24,32)(H,25,33)(H,26,34)(H,30,31)(H,35,36). The maximum Gasteiger partial charge on any atom is 0.328 e. The van der Waals surface area contributed by atoms with Crippen LogP contribution in [0.2, 0.25) is 0 Å². The summed E-state index contributed by atoms with van der Waals surface area (Å²) in [6.07, 6.45) is -1.59. The number of phenols is 1. The first kappa shape index (κ1) is 29.8. The van der Waals surface area contributed by atoms with Crippen LogP contribution in [0.1, 0.15) is 24.8 Å². The number of primary amides is 1. The van der Waals surface area contributed by atoms with Gasteiger partial charge in [0.2, 0.25) is 23.6 Å². The van der Waals surface area contributed by atoms with E-state index in [0.29, 0.717) is 5.56 Å². The lowest BCUT2D eigenvalue weighted by Gasteiger charge is -2.24. The van der Waals surface area contributed by atoms with Crippen LogP contribution in [0.4, 0.5) is 0 Å². The first-order valence-electron chi connectivity index (χ1n) is 10.6. The molecule has 1 rings (SSSR count). The number of amides is 4. The van der Waals surface area contributed by atoms with Gasteiger partial charge in [0.1, 0.15) is 23.9 Å².